The summed E-state index contributed by atoms with van der Waals surface area (Å²) in [4.78, 5) is 16.1. The highest BCUT2D eigenvalue weighted by Gasteiger charge is 2.45. The van der Waals surface area contributed by atoms with Crippen molar-refractivity contribution in [3.05, 3.63) is 12.7 Å². The number of ether oxygens (including phenoxy) is 2. The molecule has 8 N–H and O–H groups in total. The molecule has 12 nitrogen and oxygen atoms in total. The van der Waals surface area contributed by atoms with Gasteiger partial charge in [0.15, 0.2) is 23.7 Å². The zero-order valence-corrected chi connectivity index (χ0v) is 14.0. The third-order valence-corrected chi connectivity index (χ3v) is 4.06. The smallest absolute Gasteiger partial charge is 0.185 e. The number of aliphatic hydroxyl groups excluding tert-OH is 2. The number of hydrogen-bond donors (Lipinski definition) is 5. The van der Waals surface area contributed by atoms with Crippen LogP contribution in [0.4, 0.5) is 5.82 Å². The molecule has 0 saturated carbocycles. The van der Waals surface area contributed by atoms with Crippen LogP contribution < -0.4 is 17.2 Å². The van der Waals surface area contributed by atoms with Gasteiger partial charge in [-0.15, -0.1) is 0 Å². The van der Waals surface area contributed by atoms with Crippen LogP contribution in [0.2, 0.25) is 0 Å². The van der Waals surface area contributed by atoms with Gasteiger partial charge in [-0.2, -0.15) is 0 Å². The van der Waals surface area contributed by atoms with Crippen molar-refractivity contribution in [2.45, 2.75) is 31.0 Å². The van der Waals surface area contributed by atoms with Gasteiger partial charge < -0.3 is 36.9 Å². The van der Waals surface area contributed by atoms with E-state index in [1.165, 1.54) is 12.7 Å². The van der Waals surface area contributed by atoms with Crippen LogP contribution in [0.5, 0.6) is 0 Å². The van der Waals surface area contributed by atoms with E-state index in [9.17, 15) is 10.2 Å². The Morgan fingerprint density at radius 2 is 2.15 bits per heavy atom. The van der Waals surface area contributed by atoms with Gasteiger partial charge in [-0.1, -0.05) is 0 Å². The van der Waals surface area contributed by atoms with Crippen molar-refractivity contribution >= 4 is 22.9 Å². The number of aromatic nitrogens is 4. The number of rotatable bonds is 7. The lowest BCUT2D eigenvalue weighted by Crippen LogP contribution is -2.35. The molecule has 0 amide bonds. The Kier molecular flexibility index (Phi) is 5.46. The minimum atomic E-state index is -1.02. The van der Waals surface area contributed by atoms with E-state index in [-0.39, 0.29) is 18.4 Å². The average molecular weight is 366 g/mol. The second kappa shape index (κ2) is 7.78. The van der Waals surface area contributed by atoms with Crippen molar-refractivity contribution < 1.29 is 19.7 Å². The number of guanidine groups is 1. The van der Waals surface area contributed by atoms with Gasteiger partial charge in [0, 0.05) is 13.2 Å². The molecule has 0 unspecified atom stereocenters. The summed E-state index contributed by atoms with van der Waals surface area (Å²) in [5.41, 5.74) is 17.2. The molecule has 26 heavy (non-hydrogen) atoms. The summed E-state index contributed by atoms with van der Waals surface area (Å²) < 4.78 is 13.1. The number of aliphatic imine (C=N–C) groups is 1. The van der Waals surface area contributed by atoms with Crippen molar-refractivity contribution in [2.75, 3.05) is 25.5 Å². The SMILES string of the molecule is NC(N)=NCCCO[C@@H]1[C@H](O)[C@@H](CO)O[C@H]1n1cnc2c(N)ncnc21. The number of aliphatic hydroxyl groups is 2. The zero-order chi connectivity index (χ0) is 18.7. The number of imidazole rings is 1. The summed E-state index contributed by atoms with van der Waals surface area (Å²) in [5, 5.41) is 19.9. The van der Waals surface area contributed by atoms with E-state index in [2.05, 4.69) is 19.9 Å². The zero-order valence-electron chi connectivity index (χ0n) is 14.0. The van der Waals surface area contributed by atoms with Crippen molar-refractivity contribution in [1.29, 1.82) is 0 Å². The molecule has 0 spiro atoms. The second-order valence-electron chi connectivity index (χ2n) is 5.82. The summed E-state index contributed by atoms with van der Waals surface area (Å²) >= 11 is 0. The maximum Gasteiger partial charge on any atom is 0.185 e. The topological polar surface area (TPSA) is 193 Å². The molecule has 1 fully saturated rings. The molecule has 12 heteroatoms. The predicted molar refractivity (Wildman–Crippen MR) is 91.8 cm³/mol. The van der Waals surface area contributed by atoms with Gasteiger partial charge in [0.25, 0.3) is 0 Å². The summed E-state index contributed by atoms with van der Waals surface area (Å²) in [5.74, 6) is 0.246. The Bertz CT molecular complexity index is 777. The van der Waals surface area contributed by atoms with Crippen molar-refractivity contribution in [2.24, 2.45) is 16.5 Å². The third kappa shape index (κ3) is 3.53. The quantitative estimate of drug-likeness (QED) is 0.202. The fourth-order valence-electron chi connectivity index (χ4n) is 2.82. The van der Waals surface area contributed by atoms with E-state index in [1.54, 1.807) is 4.57 Å². The molecule has 1 saturated heterocycles. The van der Waals surface area contributed by atoms with Crippen LogP contribution >= 0.6 is 0 Å². The Balaban J connectivity index is 1.78. The fraction of sp³-hybridized carbons (Fsp3) is 0.571. The van der Waals surface area contributed by atoms with Crippen molar-refractivity contribution in [1.82, 2.24) is 19.5 Å². The lowest BCUT2D eigenvalue weighted by atomic mass is 10.1. The van der Waals surface area contributed by atoms with Gasteiger partial charge in [-0.05, 0) is 6.42 Å². The summed E-state index contributed by atoms with van der Waals surface area (Å²) in [6.45, 7) is 0.341. The van der Waals surface area contributed by atoms with Gasteiger partial charge in [0.2, 0.25) is 0 Å². The maximum atomic E-state index is 10.4. The predicted octanol–water partition coefficient (Wildman–Crippen LogP) is -2.29. The van der Waals surface area contributed by atoms with E-state index in [1.807, 2.05) is 0 Å². The molecule has 2 aromatic rings. The van der Waals surface area contributed by atoms with E-state index in [0.717, 1.165) is 0 Å². The molecular weight excluding hydrogens is 344 g/mol. The molecule has 3 rings (SSSR count). The van der Waals surface area contributed by atoms with Gasteiger partial charge in [0.1, 0.15) is 30.2 Å². The Morgan fingerprint density at radius 3 is 2.88 bits per heavy atom. The fourth-order valence-corrected chi connectivity index (χ4v) is 2.82. The number of fused-ring (bicyclic) bond motifs is 1. The molecule has 0 aliphatic carbocycles. The van der Waals surface area contributed by atoms with Crippen LogP contribution in [0.1, 0.15) is 12.6 Å². The van der Waals surface area contributed by atoms with E-state index >= 15 is 0 Å². The van der Waals surface area contributed by atoms with Crippen LogP contribution in [-0.4, -0.2) is 73.8 Å². The molecule has 142 valence electrons. The van der Waals surface area contributed by atoms with Crippen LogP contribution in [0.25, 0.3) is 11.2 Å². The highest BCUT2D eigenvalue weighted by atomic mass is 16.6. The molecule has 4 atom stereocenters. The van der Waals surface area contributed by atoms with Gasteiger partial charge in [-0.3, -0.25) is 9.56 Å². The first kappa shape index (κ1) is 18.3. The number of nitrogens with two attached hydrogens (primary N) is 3. The van der Waals surface area contributed by atoms with Gasteiger partial charge in [-0.25, -0.2) is 15.0 Å². The molecule has 1 aliphatic heterocycles. The molecule has 0 aromatic carbocycles. The standard InChI is InChI=1S/C14H22N8O4/c15-11-8-12(20-5-19-11)22(6-21-8)13-10(9(24)7(4-23)26-13)25-3-1-2-18-14(16)17/h5-7,9-10,13,23-24H,1-4H2,(H2,15,19,20)(H4,16,17,18)/t7-,9-,10-,13-/m1/s1. The number of nitrogens with zero attached hydrogens (tertiary/aromatic N) is 5. The second-order valence-corrected chi connectivity index (χ2v) is 5.82. The van der Waals surface area contributed by atoms with E-state index in [4.69, 9.17) is 26.7 Å². The van der Waals surface area contributed by atoms with Crippen molar-refractivity contribution in [3.63, 3.8) is 0 Å². The normalized spacial score (nSPS) is 25.6. The van der Waals surface area contributed by atoms with Gasteiger partial charge in [0.05, 0.1) is 12.9 Å². The first-order chi connectivity index (χ1) is 12.5. The molecule has 1 aliphatic rings. The van der Waals surface area contributed by atoms with Gasteiger partial charge >= 0.3 is 0 Å². The van der Waals surface area contributed by atoms with Crippen LogP contribution in [-0.2, 0) is 9.47 Å². The van der Waals surface area contributed by atoms with E-state index in [0.29, 0.717) is 30.7 Å². The number of anilines is 1. The number of hydrogen-bond acceptors (Lipinski definition) is 9. The molecule has 0 bridgehead atoms. The Labute approximate surface area is 148 Å². The minimum absolute atomic E-state index is 0.00890. The lowest BCUT2D eigenvalue weighted by molar-refractivity contribution is -0.0705. The molecule has 3 heterocycles. The summed E-state index contributed by atoms with van der Waals surface area (Å²) in [6, 6.07) is 0. The monoisotopic (exact) mass is 366 g/mol. The van der Waals surface area contributed by atoms with E-state index < -0.39 is 24.5 Å². The highest BCUT2D eigenvalue weighted by molar-refractivity contribution is 5.81. The Hall–Kier alpha value is -2.54. The van der Waals surface area contributed by atoms with Crippen LogP contribution in [0.3, 0.4) is 0 Å². The molecule has 2 aromatic heterocycles. The van der Waals surface area contributed by atoms with Crippen LogP contribution in [0.15, 0.2) is 17.6 Å². The summed E-state index contributed by atoms with van der Waals surface area (Å²) in [7, 11) is 0. The Morgan fingerprint density at radius 1 is 1.35 bits per heavy atom. The minimum Gasteiger partial charge on any atom is -0.394 e. The largest absolute Gasteiger partial charge is 0.394 e. The first-order valence-electron chi connectivity index (χ1n) is 8.07. The average Bonchev–Trinajstić information content (AvgIpc) is 3.17. The molecule has 0 radical (unpaired) electrons. The number of nitrogen functional groups attached to an aromatic ring is 1. The maximum absolute atomic E-state index is 10.4. The molecular formula is C14H22N8O4. The lowest BCUT2D eigenvalue weighted by Gasteiger charge is -2.22. The highest BCUT2D eigenvalue weighted by Crippen LogP contribution is 2.33. The summed E-state index contributed by atoms with van der Waals surface area (Å²) in [6.07, 6.45) is 0.0733. The third-order valence-electron chi connectivity index (χ3n) is 4.06. The van der Waals surface area contributed by atoms with Crippen LogP contribution in [0, 0.1) is 0 Å². The first-order valence-corrected chi connectivity index (χ1v) is 8.07. The van der Waals surface area contributed by atoms with Crippen molar-refractivity contribution in [3.8, 4) is 0 Å².